The van der Waals surface area contributed by atoms with Crippen LogP contribution in [-0.2, 0) is 0 Å². The number of fused-ring (bicyclic) bond motifs is 5. The SMILES string of the molecule is c1ccc2c(-c3ccc(-c4cn5ccccc5n4)cc3)c3sc4ccccc4c3nc2c1. The predicted octanol–water partition coefficient (Wildman–Crippen LogP) is 7.58. The van der Waals surface area contributed by atoms with Crippen molar-refractivity contribution in [1.29, 1.82) is 0 Å². The van der Waals surface area contributed by atoms with Gasteiger partial charge in [0.05, 0.1) is 21.4 Å². The molecule has 3 aromatic carbocycles. The van der Waals surface area contributed by atoms with E-state index in [4.69, 9.17) is 9.97 Å². The van der Waals surface area contributed by atoms with Crippen LogP contribution >= 0.6 is 11.3 Å². The van der Waals surface area contributed by atoms with Crippen molar-refractivity contribution in [1.82, 2.24) is 14.4 Å². The highest BCUT2D eigenvalue weighted by molar-refractivity contribution is 7.26. The number of pyridine rings is 2. The zero-order chi connectivity index (χ0) is 21.1. The predicted molar refractivity (Wildman–Crippen MR) is 134 cm³/mol. The summed E-state index contributed by atoms with van der Waals surface area (Å²) < 4.78 is 4.57. The van der Waals surface area contributed by atoms with Crippen molar-refractivity contribution >= 4 is 48.2 Å². The van der Waals surface area contributed by atoms with Gasteiger partial charge in [0.2, 0.25) is 0 Å². The number of benzene rings is 3. The fourth-order valence-electron chi connectivity index (χ4n) is 4.51. The van der Waals surface area contributed by atoms with Crippen LogP contribution < -0.4 is 0 Å². The summed E-state index contributed by atoms with van der Waals surface area (Å²) in [6, 6.07) is 31.8. The Kier molecular flexibility index (Phi) is 3.72. The summed E-state index contributed by atoms with van der Waals surface area (Å²) in [6.45, 7) is 0. The number of hydrogen-bond donors (Lipinski definition) is 0. The van der Waals surface area contributed by atoms with Crippen LogP contribution in [0.1, 0.15) is 0 Å². The Bertz CT molecular complexity index is 1740. The summed E-state index contributed by atoms with van der Waals surface area (Å²) in [5.41, 5.74) is 7.63. The molecule has 0 fully saturated rings. The van der Waals surface area contributed by atoms with Crippen molar-refractivity contribution in [2.24, 2.45) is 0 Å². The first-order chi connectivity index (χ1) is 15.8. The van der Waals surface area contributed by atoms with Crippen molar-refractivity contribution in [3.63, 3.8) is 0 Å². The standard InChI is InChI=1S/C28H17N3S/c1-3-9-22-20(7-1)26(28-27(30-22)21-8-2-4-10-24(21)32-28)19-14-12-18(13-15-19)23-17-31-16-6-5-11-25(31)29-23/h1-17H. The van der Waals surface area contributed by atoms with Crippen molar-refractivity contribution in [2.45, 2.75) is 0 Å². The molecule has 0 aliphatic carbocycles. The van der Waals surface area contributed by atoms with E-state index in [1.54, 1.807) is 0 Å². The number of para-hydroxylation sites is 1. The summed E-state index contributed by atoms with van der Waals surface area (Å²) in [5, 5.41) is 2.41. The number of imidazole rings is 1. The monoisotopic (exact) mass is 427 g/mol. The van der Waals surface area contributed by atoms with E-state index in [2.05, 4.69) is 83.4 Å². The molecule has 150 valence electrons. The smallest absolute Gasteiger partial charge is 0.137 e. The van der Waals surface area contributed by atoms with Crippen LogP contribution in [0.5, 0.6) is 0 Å². The van der Waals surface area contributed by atoms with Gasteiger partial charge in [-0.15, -0.1) is 11.3 Å². The second kappa shape index (κ2) is 6.74. The molecule has 4 heterocycles. The van der Waals surface area contributed by atoms with Crippen molar-refractivity contribution in [3.05, 3.63) is 103 Å². The molecule has 4 aromatic heterocycles. The number of nitrogens with zero attached hydrogens (tertiary/aromatic N) is 3. The topological polar surface area (TPSA) is 30.2 Å². The zero-order valence-electron chi connectivity index (χ0n) is 17.1. The van der Waals surface area contributed by atoms with Crippen LogP contribution in [0.25, 0.3) is 59.2 Å². The van der Waals surface area contributed by atoms with Gasteiger partial charge in [0.15, 0.2) is 0 Å². The van der Waals surface area contributed by atoms with Gasteiger partial charge in [-0.05, 0) is 29.8 Å². The molecule has 0 bridgehead atoms. The van der Waals surface area contributed by atoms with Crippen LogP contribution in [0.2, 0.25) is 0 Å². The molecule has 0 unspecified atom stereocenters. The summed E-state index contributed by atoms with van der Waals surface area (Å²) >= 11 is 1.82. The molecule has 0 atom stereocenters. The molecule has 0 saturated carbocycles. The van der Waals surface area contributed by atoms with Crippen LogP contribution in [-0.4, -0.2) is 14.4 Å². The van der Waals surface area contributed by atoms with E-state index in [9.17, 15) is 0 Å². The lowest BCUT2D eigenvalue weighted by Crippen LogP contribution is -1.87. The molecule has 32 heavy (non-hydrogen) atoms. The quantitative estimate of drug-likeness (QED) is 0.285. The lowest BCUT2D eigenvalue weighted by atomic mass is 9.98. The lowest BCUT2D eigenvalue weighted by molar-refractivity contribution is 1.19. The molecule has 0 amide bonds. The molecule has 0 N–H and O–H groups in total. The number of rotatable bonds is 2. The third-order valence-electron chi connectivity index (χ3n) is 6.04. The third kappa shape index (κ3) is 2.60. The maximum atomic E-state index is 5.04. The number of hydrogen-bond acceptors (Lipinski definition) is 3. The Morgan fingerprint density at radius 1 is 0.656 bits per heavy atom. The second-order valence-electron chi connectivity index (χ2n) is 7.95. The maximum absolute atomic E-state index is 5.04. The van der Waals surface area contributed by atoms with Gasteiger partial charge < -0.3 is 4.40 Å². The Morgan fingerprint density at radius 3 is 2.28 bits per heavy atom. The van der Waals surface area contributed by atoms with Gasteiger partial charge in [-0.25, -0.2) is 9.97 Å². The molecule has 0 aliphatic heterocycles. The minimum atomic E-state index is 0.957. The molecule has 0 radical (unpaired) electrons. The first kappa shape index (κ1) is 17.6. The van der Waals surface area contributed by atoms with Crippen LogP contribution in [0.15, 0.2) is 103 Å². The largest absolute Gasteiger partial charge is 0.306 e. The third-order valence-corrected chi connectivity index (χ3v) is 7.21. The van der Waals surface area contributed by atoms with E-state index in [1.165, 1.54) is 31.3 Å². The summed E-state index contributed by atoms with van der Waals surface area (Å²) in [6.07, 6.45) is 4.11. The normalized spacial score (nSPS) is 11.8. The minimum absolute atomic E-state index is 0.957. The molecule has 7 aromatic rings. The molecule has 3 nitrogen and oxygen atoms in total. The highest BCUT2D eigenvalue weighted by Crippen LogP contribution is 2.42. The van der Waals surface area contributed by atoms with Gasteiger partial charge in [0.25, 0.3) is 0 Å². The van der Waals surface area contributed by atoms with Crippen molar-refractivity contribution in [2.75, 3.05) is 0 Å². The van der Waals surface area contributed by atoms with E-state index < -0.39 is 0 Å². The second-order valence-corrected chi connectivity index (χ2v) is 9.00. The Labute approximate surface area is 188 Å². The van der Waals surface area contributed by atoms with Crippen molar-refractivity contribution in [3.8, 4) is 22.4 Å². The summed E-state index contributed by atoms with van der Waals surface area (Å²) in [7, 11) is 0. The zero-order valence-corrected chi connectivity index (χ0v) is 17.9. The molecule has 7 rings (SSSR count). The fourth-order valence-corrected chi connectivity index (χ4v) is 5.73. The number of thiophene rings is 1. The van der Waals surface area contributed by atoms with E-state index in [-0.39, 0.29) is 0 Å². The average Bonchev–Trinajstić information content (AvgIpc) is 3.44. The summed E-state index contributed by atoms with van der Waals surface area (Å²) in [4.78, 5) is 9.81. The van der Waals surface area contributed by atoms with Crippen LogP contribution in [0.3, 0.4) is 0 Å². The lowest BCUT2D eigenvalue weighted by Gasteiger charge is -2.09. The van der Waals surface area contributed by atoms with E-state index in [1.807, 2.05) is 35.7 Å². The summed E-state index contributed by atoms with van der Waals surface area (Å²) in [5.74, 6) is 0. The Morgan fingerprint density at radius 2 is 1.41 bits per heavy atom. The van der Waals surface area contributed by atoms with Gasteiger partial charge in [0, 0.05) is 39.0 Å². The molecule has 0 spiro atoms. The fraction of sp³-hybridized carbons (Fsp3) is 0. The first-order valence-electron chi connectivity index (χ1n) is 10.6. The average molecular weight is 428 g/mol. The van der Waals surface area contributed by atoms with Gasteiger partial charge >= 0.3 is 0 Å². The molecular weight excluding hydrogens is 410 g/mol. The highest BCUT2D eigenvalue weighted by atomic mass is 32.1. The molecule has 4 heteroatoms. The van der Waals surface area contributed by atoms with Gasteiger partial charge in [0.1, 0.15) is 5.65 Å². The van der Waals surface area contributed by atoms with E-state index in [0.29, 0.717) is 0 Å². The van der Waals surface area contributed by atoms with Crippen LogP contribution in [0.4, 0.5) is 0 Å². The number of aromatic nitrogens is 3. The van der Waals surface area contributed by atoms with Crippen molar-refractivity contribution < 1.29 is 0 Å². The van der Waals surface area contributed by atoms with E-state index >= 15 is 0 Å². The van der Waals surface area contributed by atoms with Gasteiger partial charge in [-0.2, -0.15) is 0 Å². The highest BCUT2D eigenvalue weighted by Gasteiger charge is 2.16. The molecular formula is C28H17N3S. The minimum Gasteiger partial charge on any atom is -0.306 e. The van der Waals surface area contributed by atoms with Crippen LogP contribution in [0, 0.1) is 0 Å². The Balaban J connectivity index is 1.46. The first-order valence-corrected chi connectivity index (χ1v) is 11.4. The molecule has 0 aliphatic rings. The molecule has 0 saturated heterocycles. The van der Waals surface area contributed by atoms with Gasteiger partial charge in [-0.1, -0.05) is 66.7 Å². The van der Waals surface area contributed by atoms with Gasteiger partial charge in [-0.3, -0.25) is 0 Å². The Hall–Kier alpha value is -4.02. The maximum Gasteiger partial charge on any atom is 0.137 e. The van der Waals surface area contributed by atoms with E-state index in [0.717, 1.165) is 27.9 Å².